The van der Waals surface area contributed by atoms with Gasteiger partial charge in [0.25, 0.3) is 0 Å². The van der Waals surface area contributed by atoms with Crippen LogP contribution in [0.2, 0.25) is 0 Å². The molecule has 92 valence electrons. The molecule has 0 radical (unpaired) electrons. The summed E-state index contributed by atoms with van der Waals surface area (Å²) in [5.41, 5.74) is 1.91. The molecule has 1 heterocycles. The minimum absolute atomic E-state index is 0.281. The van der Waals surface area contributed by atoms with Gasteiger partial charge in [0.05, 0.1) is 11.2 Å². The molecule has 4 nitrogen and oxygen atoms in total. The third-order valence-corrected chi connectivity index (χ3v) is 3.42. The summed E-state index contributed by atoms with van der Waals surface area (Å²) in [5.74, 6) is -0.921. The molecule has 1 aromatic carbocycles. The van der Waals surface area contributed by atoms with Crippen LogP contribution in [0.5, 0.6) is 0 Å². The van der Waals surface area contributed by atoms with E-state index in [-0.39, 0.29) is 5.56 Å². The molecule has 3 rings (SSSR count). The topological polar surface area (TPSA) is 53.4 Å². The number of fused-ring (bicyclic) bond motifs is 1. The van der Waals surface area contributed by atoms with Crippen LogP contribution in [-0.2, 0) is 0 Å². The van der Waals surface area contributed by atoms with E-state index in [1.807, 2.05) is 31.3 Å². The Morgan fingerprint density at radius 1 is 1.39 bits per heavy atom. The van der Waals surface area contributed by atoms with Crippen molar-refractivity contribution in [1.29, 1.82) is 0 Å². The highest BCUT2D eigenvalue weighted by Gasteiger charge is 2.30. The van der Waals surface area contributed by atoms with Crippen LogP contribution in [0.1, 0.15) is 23.2 Å². The molecule has 18 heavy (non-hydrogen) atoms. The van der Waals surface area contributed by atoms with Crippen LogP contribution in [0, 0.1) is 0 Å². The van der Waals surface area contributed by atoms with Gasteiger partial charge >= 0.3 is 5.97 Å². The zero-order valence-corrected chi connectivity index (χ0v) is 10.1. The van der Waals surface area contributed by atoms with Crippen molar-refractivity contribution < 1.29 is 9.90 Å². The Bertz CT molecular complexity index is 620. The molecule has 2 aromatic rings. The van der Waals surface area contributed by atoms with E-state index >= 15 is 0 Å². The number of hydrogen-bond donors (Lipinski definition) is 1. The number of carboxylic acids is 1. The summed E-state index contributed by atoms with van der Waals surface area (Å²) in [6, 6.07) is 8.14. The fraction of sp³-hybridized carbons (Fsp3) is 0.286. The van der Waals surface area contributed by atoms with Crippen LogP contribution in [0.4, 0.5) is 5.69 Å². The van der Waals surface area contributed by atoms with E-state index in [2.05, 4.69) is 9.88 Å². The molecule has 0 spiro atoms. The third-order valence-electron chi connectivity index (χ3n) is 3.42. The predicted octanol–water partition coefficient (Wildman–Crippen LogP) is 2.53. The maximum atomic E-state index is 11.3. The second kappa shape index (κ2) is 3.98. The molecule has 1 aliphatic rings. The standard InChI is InChI=1S/C14H14N2O2/c1-16(9-6-7-9)13-10-4-2-3-5-12(10)15-8-11(13)14(17)18/h2-5,8-9H,6-7H2,1H3,(H,17,18). The Hall–Kier alpha value is -2.10. The van der Waals surface area contributed by atoms with Crippen LogP contribution < -0.4 is 4.90 Å². The summed E-state index contributed by atoms with van der Waals surface area (Å²) in [7, 11) is 1.96. The smallest absolute Gasteiger partial charge is 0.339 e. The van der Waals surface area contributed by atoms with Gasteiger partial charge < -0.3 is 10.0 Å². The van der Waals surface area contributed by atoms with Crippen molar-refractivity contribution in [3.63, 3.8) is 0 Å². The molecule has 1 saturated carbocycles. The maximum Gasteiger partial charge on any atom is 0.339 e. The average Bonchev–Trinajstić information content (AvgIpc) is 3.20. The lowest BCUT2D eigenvalue weighted by atomic mass is 10.1. The number of carboxylic acid groups (broad SMARTS) is 1. The number of aromatic nitrogens is 1. The summed E-state index contributed by atoms with van der Waals surface area (Å²) in [4.78, 5) is 17.6. The molecule has 0 aliphatic heterocycles. The van der Waals surface area contributed by atoms with Crippen LogP contribution in [0.3, 0.4) is 0 Å². The van der Waals surface area contributed by atoms with Gasteiger partial charge in [0.2, 0.25) is 0 Å². The molecule has 0 amide bonds. The predicted molar refractivity (Wildman–Crippen MR) is 70.1 cm³/mol. The normalized spacial score (nSPS) is 14.7. The number of rotatable bonds is 3. The molecule has 0 saturated heterocycles. The summed E-state index contributed by atoms with van der Waals surface area (Å²) in [6.07, 6.45) is 3.72. The lowest BCUT2D eigenvalue weighted by molar-refractivity contribution is 0.0697. The van der Waals surface area contributed by atoms with Crippen LogP contribution in [-0.4, -0.2) is 29.1 Å². The highest BCUT2D eigenvalue weighted by atomic mass is 16.4. The zero-order valence-electron chi connectivity index (χ0n) is 10.1. The quantitative estimate of drug-likeness (QED) is 0.898. The minimum atomic E-state index is -0.921. The minimum Gasteiger partial charge on any atom is -0.478 e. The Morgan fingerprint density at radius 3 is 2.78 bits per heavy atom. The highest BCUT2D eigenvalue weighted by Crippen LogP contribution is 2.36. The number of benzene rings is 1. The van der Waals surface area contributed by atoms with E-state index in [0.717, 1.165) is 29.4 Å². The molecule has 0 atom stereocenters. The van der Waals surface area contributed by atoms with Gasteiger partial charge in [-0.15, -0.1) is 0 Å². The summed E-state index contributed by atoms with van der Waals surface area (Å²) in [5, 5.41) is 10.2. The fourth-order valence-electron chi connectivity index (χ4n) is 2.31. The first-order valence-corrected chi connectivity index (χ1v) is 6.02. The van der Waals surface area contributed by atoms with Crippen molar-refractivity contribution in [1.82, 2.24) is 4.98 Å². The summed E-state index contributed by atoms with van der Waals surface area (Å²) >= 11 is 0. The molecule has 1 N–H and O–H groups in total. The van der Waals surface area contributed by atoms with E-state index in [9.17, 15) is 9.90 Å². The number of carbonyl (C=O) groups is 1. The number of hydrogen-bond acceptors (Lipinski definition) is 3. The first-order chi connectivity index (χ1) is 8.68. The van der Waals surface area contributed by atoms with Gasteiger partial charge in [0.15, 0.2) is 0 Å². The van der Waals surface area contributed by atoms with Gasteiger partial charge in [0, 0.05) is 24.7 Å². The van der Waals surface area contributed by atoms with Gasteiger partial charge in [-0.25, -0.2) is 4.79 Å². The molecule has 0 unspecified atom stereocenters. The van der Waals surface area contributed by atoms with Crippen molar-refractivity contribution in [2.45, 2.75) is 18.9 Å². The number of aromatic carboxylic acids is 1. The van der Waals surface area contributed by atoms with E-state index in [1.165, 1.54) is 6.20 Å². The second-order valence-corrected chi connectivity index (χ2v) is 4.68. The van der Waals surface area contributed by atoms with E-state index in [0.29, 0.717) is 6.04 Å². The van der Waals surface area contributed by atoms with Crippen molar-refractivity contribution >= 4 is 22.6 Å². The molecule has 1 aliphatic carbocycles. The largest absolute Gasteiger partial charge is 0.478 e. The van der Waals surface area contributed by atoms with Gasteiger partial charge in [-0.05, 0) is 18.9 Å². The number of nitrogens with zero attached hydrogens (tertiary/aromatic N) is 2. The lowest BCUT2D eigenvalue weighted by Crippen LogP contribution is -2.22. The van der Waals surface area contributed by atoms with Crippen molar-refractivity contribution in [3.8, 4) is 0 Å². The van der Waals surface area contributed by atoms with Crippen LogP contribution in [0.15, 0.2) is 30.5 Å². The van der Waals surface area contributed by atoms with Crippen molar-refractivity contribution in [2.75, 3.05) is 11.9 Å². The molecular weight excluding hydrogens is 228 g/mol. The van der Waals surface area contributed by atoms with Gasteiger partial charge in [0.1, 0.15) is 5.56 Å². The first-order valence-electron chi connectivity index (χ1n) is 6.02. The first kappa shape index (κ1) is 11.0. The highest BCUT2D eigenvalue weighted by molar-refractivity contribution is 6.04. The van der Waals surface area contributed by atoms with Crippen molar-refractivity contribution in [3.05, 3.63) is 36.0 Å². The second-order valence-electron chi connectivity index (χ2n) is 4.68. The molecule has 0 bridgehead atoms. The number of pyridine rings is 1. The Kier molecular flexibility index (Phi) is 2.44. The molecule has 1 fully saturated rings. The average molecular weight is 242 g/mol. The number of anilines is 1. The molecule has 4 heteroatoms. The number of para-hydroxylation sites is 1. The van der Waals surface area contributed by atoms with Gasteiger partial charge in [-0.1, -0.05) is 18.2 Å². The monoisotopic (exact) mass is 242 g/mol. The molecule has 1 aromatic heterocycles. The van der Waals surface area contributed by atoms with E-state index < -0.39 is 5.97 Å². The maximum absolute atomic E-state index is 11.3. The van der Waals surface area contributed by atoms with Gasteiger partial charge in [-0.2, -0.15) is 0 Å². The van der Waals surface area contributed by atoms with E-state index in [4.69, 9.17) is 0 Å². The summed E-state index contributed by atoms with van der Waals surface area (Å²) in [6.45, 7) is 0. The third kappa shape index (κ3) is 1.70. The fourth-order valence-corrected chi connectivity index (χ4v) is 2.31. The van der Waals surface area contributed by atoms with Crippen LogP contribution in [0.25, 0.3) is 10.9 Å². The Labute approximate surface area is 105 Å². The molecular formula is C14H14N2O2. The lowest BCUT2D eigenvalue weighted by Gasteiger charge is -2.22. The zero-order chi connectivity index (χ0) is 12.7. The van der Waals surface area contributed by atoms with Crippen LogP contribution >= 0.6 is 0 Å². The Morgan fingerprint density at radius 2 is 2.11 bits per heavy atom. The summed E-state index contributed by atoms with van der Waals surface area (Å²) < 4.78 is 0. The van der Waals surface area contributed by atoms with Crippen molar-refractivity contribution in [2.24, 2.45) is 0 Å². The van der Waals surface area contributed by atoms with Gasteiger partial charge in [-0.3, -0.25) is 4.98 Å². The SMILES string of the molecule is CN(c1c(C(=O)O)cnc2ccccc12)C1CC1. The Balaban J connectivity index is 2.27. The van der Waals surface area contributed by atoms with E-state index in [1.54, 1.807) is 0 Å².